The van der Waals surface area contributed by atoms with Crippen molar-refractivity contribution in [3.8, 4) is 0 Å². The molecule has 144 valence electrons. The number of amides is 1. The number of rotatable bonds is 5. The van der Waals surface area contributed by atoms with E-state index in [1.807, 2.05) is 19.0 Å². The molecule has 1 aliphatic rings. The van der Waals surface area contributed by atoms with Gasteiger partial charge in [-0.2, -0.15) is 4.98 Å². The summed E-state index contributed by atoms with van der Waals surface area (Å²) in [5.74, 6) is 0.976. The zero-order valence-electron chi connectivity index (χ0n) is 16.0. The van der Waals surface area contributed by atoms with Crippen molar-refractivity contribution < 1.29 is 4.79 Å². The highest BCUT2D eigenvalue weighted by Crippen LogP contribution is 2.25. The Morgan fingerprint density at radius 1 is 1.22 bits per heavy atom. The number of carbonyl (C=O) groups excluding carboxylic acids is 1. The van der Waals surface area contributed by atoms with Crippen LogP contribution < -0.4 is 20.7 Å². The highest BCUT2D eigenvalue weighted by Gasteiger charge is 2.18. The van der Waals surface area contributed by atoms with Crippen LogP contribution in [-0.2, 0) is 11.3 Å². The van der Waals surface area contributed by atoms with Crippen LogP contribution in [0.25, 0.3) is 0 Å². The van der Waals surface area contributed by atoms with Crippen LogP contribution in [-0.4, -0.2) is 52.6 Å². The fourth-order valence-corrected chi connectivity index (χ4v) is 3.02. The Labute approximate surface area is 158 Å². The van der Waals surface area contributed by atoms with E-state index >= 15 is 0 Å². The molecule has 0 atom stereocenters. The maximum absolute atomic E-state index is 12.4. The Bertz CT molecular complexity index is 872. The van der Waals surface area contributed by atoms with E-state index in [0.29, 0.717) is 23.1 Å². The lowest BCUT2D eigenvalue weighted by molar-refractivity contribution is -0.116. The molecular formula is C18H25N7O2. The Morgan fingerprint density at radius 2 is 1.96 bits per heavy atom. The summed E-state index contributed by atoms with van der Waals surface area (Å²) in [6, 6.07) is 1.40. The predicted octanol–water partition coefficient (Wildman–Crippen LogP) is 1.04. The Morgan fingerprint density at radius 3 is 2.63 bits per heavy atom. The molecule has 2 aromatic rings. The minimum atomic E-state index is -0.333. The molecule has 9 nitrogen and oxygen atoms in total. The Kier molecular flexibility index (Phi) is 5.68. The van der Waals surface area contributed by atoms with Crippen LogP contribution in [0, 0.1) is 6.92 Å². The summed E-state index contributed by atoms with van der Waals surface area (Å²) in [7, 11) is 3.73. The van der Waals surface area contributed by atoms with E-state index in [1.54, 1.807) is 13.1 Å². The lowest BCUT2D eigenvalue weighted by Crippen LogP contribution is -2.32. The van der Waals surface area contributed by atoms with Gasteiger partial charge in [-0.15, -0.1) is 0 Å². The highest BCUT2D eigenvalue weighted by molar-refractivity contribution is 5.93. The van der Waals surface area contributed by atoms with Crippen molar-refractivity contribution in [2.75, 3.05) is 42.3 Å². The van der Waals surface area contributed by atoms with Crippen LogP contribution in [0.3, 0.4) is 0 Å². The second-order valence-corrected chi connectivity index (χ2v) is 6.89. The van der Waals surface area contributed by atoms with Crippen LogP contribution in [0.1, 0.15) is 25.0 Å². The van der Waals surface area contributed by atoms with Crippen molar-refractivity contribution in [1.29, 1.82) is 0 Å². The first kappa shape index (κ1) is 18.8. The first-order chi connectivity index (χ1) is 12.9. The Balaban J connectivity index is 1.76. The van der Waals surface area contributed by atoms with E-state index < -0.39 is 0 Å². The molecule has 0 unspecified atom stereocenters. The van der Waals surface area contributed by atoms with Crippen LogP contribution >= 0.6 is 0 Å². The molecule has 0 spiro atoms. The minimum Gasteiger partial charge on any atom is -0.361 e. The number of nitrogens with zero attached hydrogens (tertiary/aromatic N) is 6. The molecule has 0 bridgehead atoms. The molecule has 1 N–H and O–H groups in total. The molecule has 0 radical (unpaired) electrons. The van der Waals surface area contributed by atoms with Crippen LogP contribution in [0.15, 0.2) is 23.4 Å². The number of hydrogen-bond acceptors (Lipinski definition) is 7. The van der Waals surface area contributed by atoms with Crippen molar-refractivity contribution >= 4 is 23.4 Å². The largest absolute Gasteiger partial charge is 0.361 e. The molecular weight excluding hydrogens is 346 g/mol. The van der Waals surface area contributed by atoms with Crippen molar-refractivity contribution in [3.05, 3.63) is 34.6 Å². The normalized spacial score (nSPS) is 14.1. The molecule has 27 heavy (non-hydrogen) atoms. The Hall–Kier alpha value is -2.97. The van der Waals surface area contributed by atoms with Gasteiger partial charge >= 0.3 is 0 Å². The maximum atomic E-state index is 12.4. The van der Waals surface area contributed by atoms with Crippen LogP contribution in [0.5, 0.6) is 0 Å². The molecule has 1 amide bonds. The number of aryl methyl sites for hydroxylation is 1. The van der Waals surface area contributed by atoms with Crippen molar-refractivity contribution in [2.24, 2.45) is 0 Å². The average molecular weight is 371 g/mol. The van der Waals surface area contributed by atoms with E-state index in [9.17, 15) is 9.59 Å². The van der Waals surface area contributed by atoms with Gasteiger partial charge in [-0.3, -0.25) is 14.2 Å². The molecule has 2 aromatic heterocycles. The van der Waals surface area contributed by atoms with E-state index in [0.717, 1.165) is 25.9 Å². The van der Waals surface area contributed by atoms with Crippen molar-refractivity contribution in [2.45, 2.75) is 32.7 Å². The number of hydrogen-bond donors (Lipinski definition) is 1. The summed E-state index contributed by atoms with van der Waals surface area (Å²) in [5.41, 5.74) is 0.870. The standard InChI is InChI=1S/C18H25N7O2/c1-13-9-16(27)25(12-20-13)11-15(26)21-14-10-19-18(22-17(14)23(2)3)24-7-5-4-6-8-24/h9-10,12H,4-8,11H2,1-3H3,(H,21,26). The zero-order valence-corrected chi connectivity index (χ0v) is 16.0. The molecule has 1 saturated heterocycles. The fraction of sp³-hybridized carbons (Fsp3) is 0.500. The van der Waals surface area contributed by atoms with Gasteiger partial charge in [0, 0.05) is 38.9 Å². The third-order valence-corrected chi connectivity index (χ3v) is 4.42. The predicted molar refractivity (Wildman–Crippen MR) is 104 cm³/mol. The quantitative estimate of drug-likeness (QED) is 0.839. The van der Waals surface area contributed by atoms with Crippen molar-refractivity contribution in [3.63, 3.8) is 0 Å². The van der Waals surface area contributed by atoms with Crippen LogP contribution in [0.2, 0.25) is 0 Å². The maximum Gasteiger partial charge on any atom is 0.253 e. The lowest BCUT2D eigenvalue weighted by Gasteiger charge is -2.28. The van der Waals surface area contributed by atoms with Gasteiger partial charge in [-0.25, -0.2) is 9.97 Å². The molecule has 0 aliphatic carbocycles. The first-order valence-electron chi connectivity index (χ1n) is 9.06. The van der Waals surface area contributed by atoms with Gasteiger partial charge < -0.3 is 15.1 Å². The molecule has 0 aromatic carbocycles. The van der Waals surface area contributed by atoms with Gasteiger partial charge in [-0.1, -0.05) is 0 Å². The summed E-state index contributed by atoms with van der Waals surface area (Å²) in [6.45, 7) is 3.51. The van der Waals surface area contributed by atoms with E-state index in [1.165, 1.54) is 23.4 Å². The molecule has 3 heterocycles. The zero-order chi connectivity index (χ0) is 19.4. The van der Waals surface area contributed by atoms with Gasteiger partial charge in [0.15, 0.2) is 5.82 Å². The van der Waals surface area contributed by atoms with E-state index in [4.69, 9.17) is 0 Å². The smallest absolute Gasteiger partial charge is 0.253 e. The lowest BCUT2D eigenvalue weighted by atomic mass is 10.1. The summed E-state index contributed by atoms with van der Waals surface area (Å²) in [5, 5.41) is 2.80. The minimum absolute atomic E-state index is 0.118. The molecule has 1 fully saturated rings. The molecule has 3 rings (SSSR count). The highest BCUT2D eigenvalue weighted by atomic mass is 16.2. The second kappa shape index (κ2) is 8.15. The fourth-order valence-electron chi connectivity index (χ4n) is 3.02. The number of nitrogens with one attached hydrogen (secondary N) is 1. The SMILES string of the molecule is Cc1cc(=O)n(CC(=O)Nc2cnc(N3CCCCC3)nc2N(C)C)cn1. The molecule has 0 saturated carbocycles. The number of aromatic nitrogens is 4. The van der Waals surface area contributed by atoms with E-state index in [2.05, 4.69) is 25.2 Å². The summed E-state index contributed by atoms with van der Waals surface area (Å²) in [4.78, 5) is 41.4. The third kappa shape index (κ3) is 4.60. The number of carbonyl (C=O) groups is 1. The monoisotopic (exact) mass is 371 g/mol. The summed E-state index contributed by atoms with van der Waals surface area (Å²) in [6.07, 6.45) is 6.51. The summed E-state index contributed by atoms with van der Waals surface area (Å²) < 4.78 is 1.26. The van der Waals surface area contributed by atoms with E-state index in [-0.39, 0.29) is 18.0 Å². The first-order valence-corrected chi connectivity index (χ1v) is 9.06. The van der Waals surface area contributed by atoms with Crippen molar-refractivity contribution in [1.82, 2.24) is 19.5 Å². The van der Waals surface area contributed by atoms with Gasteiger partial charge in [0.05, 0.1) is 12.5 Å². The third-order valence-electron chi connectivity index (χ3n) is 4.42. The number of anilines is 3. The summed E-state index contributed by atoms with van der Waals surface area (Å²) >= 11 is 0. The average Bonchev–Trinajstić information content (AvgIpc) is 2.65. The molecule has 9 heteroatoms. The van der Waals surface area contributed by atoms with Gasteiger partial charge in [-0.05, 0) is 26.2 Å². The number of piperidine rings is 1. The van der Waals surface area contributed by atoms with Gasteiger partial charge in [0.2, 0.25) is 11.9 Å². The van der Waals surface area contributed by atoms with Gasteiger partial charge in [0.25, 0.3) is 5.56 Å². The molecule has 1 aliphatic heterocycles. The van der Waals surface area contributed by atoms with Crippen LogP contribution in [0.4, 0.5) is 17.5 Å². The topological polar surface area (TPSA) is 96.2 Å². The van der Waals surface area contributed by atoms with Gasteiger partial charge in [0.1, 0.15) is 12.2 Å². The second-order valence-electron chi connectivity index (χ2n) is 6.89.